The van der Waals surface area contributed by atoms with Crippen LogP contribution in [0.15, 0.2) is 24.3 Å². The molecule has 2 N–H and O–H groups in total. The molecule has 0 bridgehead atoms. The highest BCUT2D eigenvalue weighted by Crippen LogP contribution is 2.52. The number of fused-ring (bicyclic) bond motifs is 1. The van der Waals surface area contributed by atoms with Crippen LogP contribution in [0.4, 0.5) is 5.69 Å². The molecule has 0 radical (unpaired) electrons. The van der Waals surface area contributed by atoms with Gasteiger partial charge < -0.3 is 10.6 Å². The Labute approximate surface area is 97.4 Å². The Morgan fingerprint density at radius 3 is 2.56 bits per heavy atom. The second kappa shape index (κ2) is 3.77. The van der Waals surface area contributed by atoms with Crippen LogP contribution in [0.5, 0.6) is 0 Å². The maximum atomic E-state index is 5.75. The third-order valence-electron chi connectivity index (χ3n) is 4.36. The van der Waals surface area contributed by atoms with Gasteiger partial charge in [0.1, 0.15) is 0 Å². The van der Waals surface area contributed by atoms with Gasteiger partial charge in [0.15, 0.2) is 0 Å². The molecular weight excluding hydrogens is 196 g/mol. The Balaban J connectivity index is 1.76. The SMILES string of the molecule is CCc1ccccc1N1CC2C(CN)C2C1. The van der Waals surface area contributed by atoms with Gasteiger partial charge in [-0.15, -0.1) is 0 Å². The van der Waals surface area contributed by atoms with E-state index in [-0.39, 0.29) is 0 Å². The van der Waals surface area contributed by atoms with Crippen molar-refractivity contribution in [3.63, 3.8) is 0 Å². The molecule has 2 nitrogen and oxygen atoms in total. The van der Waals surface area contributed by atoms with Gasteiger partial charge in [0.2, 0.25) is 0 Å². The summed E-state index contributed by atoms with van der Waals surface area (Å²) >= 11 is 0. The third kappa shape index (κ3) is 1.44. The fourth-order valence-electron chi connectivity index (χ4n) is 3.31. The smallest absolute Gasteiger partial charge is 0.0398 e. The Morgan fingerprint density at radius 2 is 1.94 bits per heavy atom. The number of hydrogen-bond donors (Lipinski definition) is 1. The van der Waals surface area contributed by atoms with Gasteiger partial charge in [-0.05, 0) is 42.3 Å². The molecule has 1 aliphatic carbocycles. The molecule has 2 aliphatic rings. The Bertz CT molecular complexity index is 376. The summed E-state index contributed by atoms with van der Waals surface area (Å²) in [6.07, 6.45) is 1.13. The molecule has 1 aromatic carbocycles. The van der Waals surface area contributed by atoms with Crippen molar-refractivity contribution in [2.24, 2.45) is 23.5 Å². The molecule has 0 amide bonds. The standard InChI is InChI=1S/C14H20N2/c1-2-10-5-3-4-6-14(10)16-8-12-11(7-15)13(12)9-16/h3-6,11-13H,2,7-9,15H2,1H3. The number of piperidine rings is 1. The fraction of sp³-hybridized carbons (Fsp3) is 0.571. The molecule has 0 aromatic heterocycles. The van der Waals surface area contributed by atoms with Crippen LogP contribution in [-0.2, 0) is 6.42 Å². The molecule has 1 aromatic rings. The molecule has 2 atom stereocenters. The van der Waals surface area contributed by atoms with E-state index in [0.717, 1.165) is 30.7 Å². The molecule has 2 unspecified atom stereocenters. The minimum Gasteiger partial charge on any atom is -0.371 e. The number of hydrogen-bond acceptors (Lipinski definition) is 2. The van der Waals surface area contributed by atoms with Crippen molar-refractivity contribution in [1.82, 2.24) is 0 Å². The normalized spacial score (nSPS) is 31.6. The van der Waals surface area contributed by atoms with E-state index >= 15 is 0 Å². The maximum absolute atomic E-state index is 5.75. The predicted molar refractivity (Wildman–Crippen MR) is 67.6 cm³/mol. The minimum absolute atomic E-state index is 0.824. The van der Waals surface area contributed by atoms with E-state index in [1.165, 1.54) is 24.3 Å². The van der Waals surface area contributed by atoms with E-state index < -0.39 is 0 Å². The molecule has 3 rings (SSSR count). The van der Waals surface area contributed by atoms with Crippen molar-refractivity contribution in [3.05, 3.63) is 29.8 Å². The lowest BCUT2D eigenvalue weighted by molar-refractivity contribution is 0.646. The van der Waals surface area contributed by atoms with Crippen LogP contribution in [0.25, 0.3) is 0 Å². The predicted octanol–water partition coefficient (Wildman–Crippen LogP) is 1.89. The molecule has 2 fully saturated rings. The molecule has 2 heteroatoms. The van der Waals surface area contributed by atoms with Crippen LogP contribution >= 0.6 is 0 Å². The third-order valence-corrected chi connectivity index (χ3v) is 4.36. The van der Waals surface area contributed by atoms with Gasteiger partial charge in [-0.3, -0.25) is 0 Å². The van der Waals surface area contributed by atoms with E-state index in [1.807, 2.05) is 0 Å². The summed E-state index contributed by atoms with van der Waals surface area (Å²) in [6, 6.07) is 8.81. The van der Waals surface area contributed by atoms with Gasteiger partial charge in [-0.25, -0.2) is 0 Å². The second-order valence-corrected chi connectivity index (χ2v) is 5.11. The van der Waals surface area contributed by atoms with Crippen LogP contribution in [0.3, 0.4) is 0 Å². The molecular formula is C14H20N2. The number of aryl methyl sites for hydroxylation is 1. The van der Waals surface area contributed by atoms with Crippen molar-refractivity contribution >= 4 is 5.69 Å². The quantitative estimate of drug-likeness (QED) is 0.836. The molecule has 86 valence electrons. The van der Waals surface area contributed by atoms with Gasteiger partial charge in [-0.1, -0.05) is 25.1 Å². The first-order chi connectivity index (χ1) is 7.85. The zero-order valence-electron chi connectivity index (χ0n) is 9.89. The first kappa shape index (κ1) is 10.2. The number of nitrogens with zero attached hydrogens (tertiary/aromatic N) is 1. The van der Waals surface area contributed by atoms with Crippen molar-refractivity contribution in [2.75, 3.05) is 24.5 Å². The lowest BCUT2D eigenvalue weighted by atomic mass is 10.1. The van der Waals surface area contributed by atoms with Crippen molar-refractivity contribution < 1.29 is 0 Å². The van der Waals surface area contributed by atoms with Gasteiger partial charge in [0, 0.05) is 18.8 Å². The molecule has 0 spiro atoms. The number of rotatable bonds is 3. The molecule has 16 heavy (non-hydrogen) atoms. The zero-order valence-corrected chi connectivity index (χ0v) is 9.89. The Morgan fingerprint density at radius 1 is 1.25 bits per heavy atom. The molecule has 1 saturated carbocycles. The van der Waals surface area contributed by atoms with E-state index in [2.05, 4.69) is 36.1 Å². The fourth-order valence-corrected chi connectivity index (χ4v) is 3.31. The molecule has 1 heterocycles. The highest BCUT2D eigenvalue weighted by molar-refractivity contribution is 5.55. The summed E-state index contributed by atoms with van der Waals surface area (Å²) in [5.41, 5.74) is 8.68. The van der Waals surface area contributed by atoms with Crippen molar-refractivity contribution in [2.45, 2.75) is 13.3 Å². The molecule has 1 aliphatic heterocycles. The van der Waals surface area contributed by atoms with Crippen molar-refractivity contribution in [3.8, 4) is 0 Å². The van der Waals surface area contributed by atoms with Gasteiger partial charge in [0.05, 0.1) is 0 Å². The van der Waals surface area contributed by atoms with E-state index in [0.29, 0.717) is 0 Å². The first-order valence-electron chi connectivity index (χ1n) is 6.38. The van der Waals surface area contributed by atoms with E-state index in [1.54, 1.807) is 0 Å². The van der Waals surface area contributed by atoms with Crippen molar-refractivity contribution in [1.29, 1.82) is 0 Å². The highest BCUT2D eigenvalue weighted by atomic mass is 15.2. The van der Waals surface area contributed by atoms with Crippen LogP contribution in [0.2, 0.25) is 0 Å². The summed E-state index contributed by atoms with van der Waals surface area (Å²) in [5.74, 6) is 2.59. The zero-order chi connectivity index (χ0) is 11.1. The largest absolute Gasteiger partial charge is 0.371 e. The summed E-state index contributed by atoms with van der Waals surface area (Å²) in [4.78, 5) is 2.56. The van der Waals surface area contributed by atoms with Crippen LogP contribution in [-0.4, -0.2) is 19.6 Å². The van der Waals surface area contributed by atoms with Gasteiger partial charge >= 0.3 is 0 Å². The number of nitrogens with two attached hydrogens (primary N) is 1. The van der Waals surface area contributed by atoms with E-state index in [4.69, 9.17) is 5.73 Å². The number of para-hydroxylation sites is 1. The van der Waals surface area contributed by atoms with E-state index in [9.17, 15) is 0 Å². The van der Waals surface area contributed by atoms with Crippen LogP contribution < -0.4 is 10.6 Å². The number of anilines is 1. The van der Waals surface area contributed by atoms with Gasteiger partial charge in [-0.2, -0.15) is 0 Å². The highest BCUT2D eigenvalue weighted by Gasteiger charge is 2.54. The topological polar surface area (TPSA) is 29.3 Å². The summed E-state index contributed by atoms with van der Waals surface area (Å²) in [7, 11) is 0. The van der Waals surface area contributed by atoms with Crippen LogP contribution in [0.1, 0.15) is 12.5 Å². The maximum Gasteiger partial charge on any atom is 0.0398 e. The van der Waals surface area contributed by atoms with Gasteiger partial charge in [0.25, 0.3) is 0 Å². The average Bonchev–Trinajstić information content (AvgIpc) is 2.81. The second-order valence-electron chi connectivity index (χ2n) is 5.11. The average molecular weight is 216 g/mol. The lowest BCUT2D eigenvalue weighted by Crippen LogP contribution is -2.26. The summed E-state index contributed by atoms with van der Waals surface area (Å²) in [5, 5.41) is 0. The Kier molecular flexibility index (Phi) is 2.40. The lowest BCUT2D eigenvalue weighted by Gasteiger charge is -2.24. The summed E-state index contributed by atoms with van der Waals surface area (Å²) < 4.78 is 0. The monoisotopic (exact) mass is 216 g/mol. The molecule has 1 saturated heterocycles. The first-order valence-corrected chi connectivity index (χ1v) is 6.38. The summed E-state index contributed by atoms with van der Waals surface area (Å²) in [6.45, 7) is 5.57. The Hall–Kier alpha value is -1.02. The minimum atomic E-state index is 0.824. The number of benzene rings is 1. The van der Waals surface area contributed by atoms with Crippen LogP contribution in [0, 0.1) is 17.8 Å².